The van der Waals surface area contributed by atoms with E-state index in [4.69, 9.17) is 11.0 Å². The van der Waals surface area contributed by atoms with Crippen molar-refractivity contribution in [2.45, 2.75) is 38.6 Å². The maximum Gasteiger partial charge on any atom is 0.0666 e. The summed E-state index contributed by atoms with van der Waals surface area (Å²) in [5, 5.41) is 8.78. The Balaban J connectivity index is 2.42. The number of rotatable bonds is 4. The highest BCUT2D eigenvalue weighted by Crippen LogP contribution is 2.20. The van der Waals surface area contributed by atoms with Gasteiger partial charge in [-0.15, -0.1) is 0 Å². The van der Waals surface area contributed by atoms with E-state index in [0.717, 1.165) is 26.1 Å². The Hall–Kier alpha value is -0.590. The van der Waals surface area contributed by atoms with Crippen LogP contribution in [0.4, 0.5) is 0 Å². The lowest BCUT2D eigenvalue weighted by molar-refractivity contribution is 0.132. The SMILES string of the molecule is CC(C#N)CN1CCCCC1CCN. The first-order chi connectivity index (χ1) is 6.77. The predicted octanol–water partition coefficient (Wildman–Crippen LogP) is 1.35. The lowest BCUT2D eigenvalue weighted by atomic mass is 9.98. The molecule has 0 aromatic carbocycles. The number of nitrogens with zero attached hydrogens (tertiary/aromatic N) is 2. The third kappa shape index (κ3) is 3.28. The van der Waals surface area contributed by atoms with Gasteiger partial charge in [-0.1, -0.05) is 6.42 Å². The van der Waals surface area contributed by atoms with Crippen molar-refractivity contribution in [3.05, 3.63) is 0 Å². The normalized spacial score (nSPS) is 25.6. The van der Waals surface area contributed by atoms with Crippen LogP contribution in [0, 0.1) is 17.2 Å². The summed E-state index contributed by atoms with van der Waals surface area (Å²) in [6, 6.07) is 2.93. The quantitative estimate of drug-likeness (QED) is 0.736. The molecule has 14 heavy (non-hydrogen) atoms. The molecule has 0 aromatic heterocycles. The average Bonchev–Trinajstić information content (AvgIpc) is 2.21. The summed E-state index contributed by atoms with van der Waals surface area (Å²) in [6.45, 7) is 4.83. The molecule has 2 N–H and O–H groups in total. The third-order valence-corrected chi connectivity index (χ3v) is 2.98. The van der Waals surface area contributed by atoms with E-state index in [1.165, 1.54) is 19.3 Å². The molecule has 0 amide bonds. The zero-order valence-electron chi connectivity index (χ0n) is 9.08. The highest BCUT2D eigenvalue weighted by atomic mass is 15.2. The van der Waals surface area contributed by atoms with Crippen LogP contribution in [0.25, 0.3) is 0 Å². The Morgan fingerprint density at radius 3 is 3.00 bits per heavy atom. The molecule has 1 heterocycles. The van der Waals surface area contributed by atoms with Gasteiger partial charge in [0.25, 0.3) is 0 Å². The lowest BCUT2D eigenvalue weighted by Crippen LogP contribution is -2.42. The fourth-order valence-corrected chi connectivity index (χ4v) is 2.21. The predicted molar refractivity (Wildman–Crippen MR) is 57.7 cm³/mol. The molecule has 0 bridgehead atoms. The molecule has 1 saturated heterocycles. The Labute approximate surface area is 86.9 Å². The topological polar surface area (TPSA) is 53.0 Å². The van der Waals surface area contributed by atoms with E-state index in [2.05, 4.69) is 11.0 Å². The van der Waals surface area contributed by atoms with Crippen LogP contribution in [0.3, 0.4) is 0 Å². The van der Waals surface area contributed by atoms with Gasteiger partial charge in [-0.3, -0.25) is 4.90 Å². The first-order valence-electron chi connectivity index (χ1n) is 5.61. The summed E-state index contributed by atoms with van der Waals surface area (Å²) in [5.41, 5.74) is 5.59. The van der Waals surface area contributed by atoms with Crippen molar-refractivity contribution in [3.63, 3.8) is 0 Å². The van der Waals surface area contributed by atoms with Crippen LogP contribution in [-0.4, -0.2) is 30.6 Å². The van der Waals surface area contributed by atoms with E-state index in [0.29, 0.717) is 6.04 Å². The molecule has 1 rings (SSSR count). The highest BCUT2D eigenvalue weighted by Gasteiger charge is 2.22. The molecule has 0 aromatic rings. The molecule has 1 aliphatic heterocycles. The van der Waals surface area contributed by atoms with Crippen molar-refractivity contribution in [2.24, 2.45) is 11.7 Å². The molecule has 0 spiro atoms. The van der Waals surface area contributed by atoms with Gasteiger partial charge in [-0.25, -0.2) is 0 Å². The van der Waals surface area contributed by atoms with Crippen LogP contribution in [0.2, 0.25) is 0 Å². The Morgan fingerprint density at radius 2 is 2.36 bits per heavy atom. The number of nitriles is 1. The van der Waals surface area contributed by atoms with Crippen LogP contribution in [-0.2, 0) is 0 Å². The standard InChI is InChI=1S/C11H21N3/c1-10(8-13)9-14-7-3-2-4-11(14)5-6-12/h10-11H,2-7,9,12H2,1H3. The van der Waals surface area contributed by atoms with E-state index < -0.39 is 0 Å². The van der Waals surface area contributed by atoms with Crippen molar-refractivity contribution in [3.8, 4) is 6.07 Å². The number of piperidine rings is 1. The summed E-state index contributed by atoms with van der Waals surface area (Å²) >= 11 is 0. The zero-order chi connectivity index (χ0) is 10.4. The molecule has 1 fully saturated rings. The molecule has 3 heteroatoms. The lowest BCUT2D eigenvalue weighted by Gasteiger charge is -2.36. The Morgan fingerprint density at radius 1 is 1.57 bits per heavy atom. The van der Waals surface area contributed by atoms with E-state index in [-0.39, 0.29) is 5.92 Å². The minimum absolute atomic E-state index is 0.147. The molecule has 80 valence electrons. The molecule has 0 radical (unpaired) electrons. The summed E-state index contributed by atoms with van der Waals surface area (Å²) in [4.78, 5) is 2.45. The summed E-state index contributed by atoms with van der Waals surface area (Å²) in [5.74, 6) is 0.147. The summed E-state index contributed by atoms with van der Waals surface area (Å²) < 4.78 is 0. The van der Waals surface area contributed by atoms with Gasteiger partial charge in [0.2, 0.25) is 0 Å². The second kappa shape index (κ2) is 6.00. The molecule has 0 saturated carbocycles. The molecule has 0 aliphatic carbocycles. The fraction of sp³-hybridized carbons (Fsp3) is 0.909. The van der Waals surface area contributed by atoms with Gasteiger partial charge in [-0.2, -0.15) is 5.26 Å². The number of hydrogen-bond donors (Lipinski definition) is 1. The van der Waals surface area contributed by atoms with Gasteiger partial charge in [0.05, 0.1) is 12.0 Å². The van der Waals surface area contributed by atoms with Gasteiger partial charge in [0.1, 0.15) is 0 Å². The molecule has 3 nitrogen and oxygen atoms in total. The van der Waals surface area contributed by atoms with E-state index in [1.807, 2.05) is 6.92 Å². The van der Waals surface area contributed by atoms with E-state index >= 15 is 0 Å². The fourth-order valence-electron chi connectivity index (χ4n) is 2.21. The van der Waals surface area contributed by atoms with E-state index in [1.54, 1.807) is 0 Å². The van der Waals surface area contributed by atoms with Crippen LogP contribution >= 0.6 is 0 Å². The van der Waals surface area contributed by atoms with Crippen molar-refractivity contribution in [1.29, 1.82) is 5.26 Å². The minimum Gasteiger partial charge on any atom is -0.330 e. The van der Waals surface area contributed by atoms with Gasteiger partial charge >= 0.3 is 0 Å². The van der Waals surface area contributed by atoms with Crippen molar-refractivity contribution in [1.82, 2.24) is 4.90 Å². The largest absolute Gasteiger partial charge is 0.330 e. The van der Waals surface area contributed by atoms with E-state index in [9.17, 15) is 0 Å². The third-order valence-electron chi connectivity index (χ3n) is 2.98. The van der Waals surface area contributed by atoms with Crippen LogP contribution in [0.1, 0.15) is 32.6 Å². The summed E-state index contributed by atoms with van der Waals surface area (Å²) in [6.07, 6.45) is 4.94. The Kier molecular flexibility index (Phi) is 4.92. The molecule has 1 aliphatic rings. The molecule has 2 atom stereocenters. The van der Waals surface area contributed by atoms with Crippen molar-refractivity contribution >= 4 is 0 Å². The molecule has 2 unspecified atom stereocenters. The number of hydrogen-bond acceptors (Lipinski definition) is 3. The smallest absolute Gasteiger partial charge is 0.0666 e. The van der Waals surface area contributed by atoms with Gasteiger partial charge < -0.3 is 5.73 Å². The van der Waals surface area contributed by atoms with Crippen LogP contribution in [0.15, 0.2) is 0 Å². The first kappa shape index (κ1) is 11.5. The maximum absolute atomic E-state index is 8.78. The minimum atomic E-state index is 0.147. The second-order valence-corrected chi connectivity index (χ2v) is 4.25. The Bertz CT molecular complexity index is 195. The van der Waals surface area contributed by atoms with Crippen LogP contribution < -0.4 is 5.73 Å². The maximum atomic E-state index is 8.78. The number of likely N-dealkylation sites (tertiary alicyclic amines) is 1. The molecular weight excluding hydrogens is 174 g/mol. The molecular formula is C11H21N3. The van der Waals surface area contributed by atoms with Crippen LogP contribution in [0.5, 0.6) is 0 Å². The summed E-state index contributed by atoms with van der Waals surface area (Å²) in [7, 11) is 0. The number of nitrogens with two attached hydrogens (primary N) is 1. The van der Waals surface area contributed by atoms with Gasteiger partial charge in [0, 0.05) is 12.6 Å². The van der Waals surface area contributed by atoms with Gasteiger partial charge in [-0.05, 0) is 39.3 Å². The van der Waals surface area contributed by atoms with Crippen molar-refractivity contribution in [2.75, 3.05) is 19.6 Å². The second-order valence-electron chi connectivity index (χ2n) is 4.25. The monoisotopic (exact) mass is 195 g/mol. The highest BCUT2D eigenvalue weighted by molar-refractivity contribution is 4.85. The zero-order valence-corrected chi connectivity index (χ0v) is 9.08. The van der Waals surface area contributed by atoms with Gasteiger partial charge in [0.15, 0.2) is 0 Å². The first-order valence-corrected chi connectivity index (χ1v) is 5.61. The average molecular weight is 195 g/mol. The van der Waals surface area contributed by atoms with Crippen molar-refractivity contribution < 1.29 is 0 Å².